The molecule has 0 aliphatic heterocycles. The van der Waals surface area contributed by atoms with Crippen molar-refractivity contribution in [3.05, 3.63) is 28.8 Å². The van der Waals surface area contributed by atoms with Crippen LogP contribution in [-0.4, -0.2) is 25.2 Å². The SMILES string of the molecule is CCCCOC(=O)COc1cccc(Cl)c1CC(N)CC. The highest BCUT2D eigenvalue weighted by molar-refractivity contribution is 6.31. The number of hydrogen-bond donors (Lipinski definition) is 1. The van der Waals surface area contributed by atoms with Crippen LogP contribution in [0.15, 0.2) is 18.2 Å². The predicted octanol–water partition coefficient (Wildman–Crippen LogP) is 3.34. The van der Waals surface area contributed by atoms with Crippen LogP contribution in [0, 0.1) is 0 Å². The molecular formula is C16H24ClNO3. The molecule has 0 aliphatic rings. The second-order valence-corrected chi connectivity index (χ2v) is 5.36. The third-order valence-electron chi connectivity index (χ3n) is 3.17. The van der Waals surface area contributed by atoms with Gasteiger partial charge in [-0.05, 0) is 31.4 Å². The molecule has 2 N–H and O–H groups in total. The van der Waals surface area contributed by atoms with Crippen LogP contribution in [0.1, 0.15) is 38.7 Å². The van der Waals surface area contributed by atoms with Crippen molar-refractivity contribution in [2.45, 2.75) is 45.6 Å². The predicted molar refractivity (Wildman–Crippen MR) is 84.8 cm³/mol. The van der Waals surface area contributed by atoms with Crippen molar-refractivity contribution in [1.29, 1.82) is 0 Å². The Hall–Kier alpha value is -1.26. The number of esters is 1. The van der Waals surface area contributed by atoms with Gasteiger partial charge in [0.2, 0.25) is 0 Å². The lowest BCUT2D eigenvalue weighted by Gasteiger charge is -2.15. The van der Waals surface area contributed by atoms with E-state index in [1.807, 2.05) is 13.8 Å². The zero-order valence-electron chi connectivity index (χ0n) is 12.7. The highest BCUT2D eigenvalue weighted by Crippen LogP contribution is 2.28. The number of benzene rings is 1. The molecular weight excluding hydrogens is 290 g/mol. The molecule has 118 valence electrons. The Morgan fingerprint density at radius 3 is 2.81 bits per heavy atom. The summed E-state index contributed by atoms with van der Waals surface area (Å²) < 4.78 is 10.6. The van der Waals surface area contributed by atoms with Crippen molar-refractivity contribution >= 4 is 17.6 Å². The van der Waals surface area contributed by atoms with E-state index in [0.29, 0.717) is 23.8 Å². The smallest absolute Gasteiger partial charge is 0.344 e. The minimum atomic E-state index is -0.367. The number of carbonyl (C=O) groups is 1. The average Bonchev–Trinajstić information content (AvgIpc) is 2.48. The molecule has 0 bridgehead atoms. The van der Waals surface area contributed by atoms with Gasteiger partial charge in [-0.25, -0.2) is 4.79 Å². The summed E-state index contributed by atoms with van der Waals surface area (Å²) in [6.07, 6.45) is 3.32. The van der Waals surface area contributed by atoms with Crippen LogP contribution in [0.25, 0.3) is 0 Å². The van der Waals surface area contributed by atoms with Crippen LogP contribution in [-0.2, 0) is 16.0 Å². The molecule has 0 radical (unpaired) electrons. The number of rotatable bonds is 9. The highest BCUT2D eigenvalue weighted by atomic mass is 35.5. The van der Waals surface area contributed by atoms with Gasteiger partial charge in [0.25, 0.3) is 0 Å². The van der Waals surface area contributed by atoms with E-state index >= 15 is 0 Å². The molecule has 21 heavy (non-hydrogen) atoms. The molecule has 4 nitrogen and oxygen atoms in total. The second kappa shape index (κ2) is 9.64. The monoisotopic (exact) mass is 313 g/mol. The number of unbranched alkanes of at least 4 members (excludes halogenated alkanes) is 1. The van der Waals surface area contributed by atoms with Gasteiger partial charge in [0.1, 0.15) is 5.75 Å². The molecule has 1 rings (SSSR count). The normalized spacial score (nSPS) is 12.0. The number of nitrogens with two attached hydrogens (primary N) is 1. The van der Waals surface area contributed by atoms with E-state index in [4.69, 9.17) is 26.8 Å². The van der Waals surface area contributed by atoms with Gasteiger partial charge >= 0.3 is 5.97 Å². The Morgan fingerprint density at radius 2 is 2.14 bits per heavy atom. The summed E-state index contributed by atoms with van der Waals surface area (Å²) in [5, 5.41) is 0.607. The van der Waals surface area contributed by atoms with Crippen molar-refractivity contribution in [2.24, 2.45) is 5.73 Å². The van der Waals surface area contributed by atoms with E-state index < -0.39 is 0 Å². The van der Waals surface area contributed by atoms with Crippen molar-refractivity contribution < 1.29 is 14.3 Å². The largest absolute Gasteiger partial charge is 0.482 e. The minimum Gasteiger partial charge on any atom is -0.482 e. The molecule has 0 amide bonds. The highest BCUT2D eigenvalue weighted by Gasteiger charge is 2.13. The fraction of sp³-hybridized carbons (Fsp3) is 0.562. The first kappa shape index (κ1) is 17.8. The zero-order chi connectivity index (χ0) is 15.7. The summed E-state index contributed by atoms with van der Waals surface area (Å²) in [5.41, 5.74) is 6.82. The zero-order valence-corrected chi connectivity index (χ0v) is 13.5. The molecule has 0 saturated heterocycles. The lowest BCUT2D eigenvalue weighted by molar-refractivity contribution is -0.146. The van der Waals surface area contributed by atoms with Gasteiger partial charge in [-0.2, -0.15) is 0 Å². The molecule has 0 spiro atoms. The van der Waals surface area contributed by atoms with E-state index in [-0.39, 0.29) is 18.6 Å². The quantitative estimate of drug-likeness (QED) is 0.561. The van der Waals surface area contributed by atoms with E-state index in [1.54, 1.807) is 18.2 Å². The molecule has 0 aromatic heterocycles. The maximum Gasteiger partial charge on any atom is 0.344 e. The Kier molecular flexibility index (Phi) is 8.16. The summed E-state index contributed by atoms with van der Waals surface area (Å²) in [5.74, 6) is 0.230. The molecule has 0 aliphatic carbocycles. The Labute approximate surface area is 131 Å². The maximum absolute atomic E-state index is 11.6. The third kappa shape index (κ3) is 6.36. The standard InChI is InChI=1S/C16H24ClNO3/c1-3-5-9-20-16(19)11-21-15-8-6-7-14(17)13(15)10-12(18)4-2/h6-8,12H,3-5,9-11,18H2,1-2H3. The molecule has 1 aromatic rings. The molecule has 0 saturated carbocycles. The van der Waals surface area contributed by atoms with E-state index in [2.05, 4.69) is 0 Å². The minimum absolute atomic E-state index is 0.0174. The van der Waals surface area contributed by atoms with Gasteiger partial charge < -0.3 is 15.2 Å². The first-order valence-electron chi connectivity index (χ1n) is 7.39. The van der Waals surface area contributed by atoms with E-state index in [9.17, 15) is 4.79 Å². The lowest BCUT2D eigenvalue weighted by atomic mass is 10.0. The van der Waals surface area contributed by atoms with Gasteiger partial charge in [-0.1, -0.05) is 37.9 Å². The molecule has 0 fully saturated rings. The second-order valence-electron chi connectivity index (χ2n) is 4.95. The van der Waals surface area contributed by atoms with Gasteiger partial charge in [0, 0.05) is 16.6 Å². The van der Waals surface area contributed by atoms with Crippen LogP contribution in [0.2, 0.25) is 5.02 Å². The summed E-state index contributed by atoms with van der Waals surface area (Å²) in [6, 6.07) is 5.40. The lowest BCUT2D eigenvalue weighted by Crippen LogP contribution is -2.22. The van der Waals surface area contributed by atoms with E-state index in [1.165, 1.54) is 0 Å². The van der Waals surface area contributed by atoms with Crippen LogP contribution in [0.5, 0.6) is 5.75 Å². The Morgan fingerprint density at radius 1 is 1.38 bits per heavy atom. The first-order chi connectivity index (χ1) is 10.1. The Balaban J connectivity index is 2.61. The van der Waals surface area contributed by atoms with Crippen LogP contribution in [0.4, 0.5) is 0 Å². The summed E-state index contributed by atoms with van der Waals surface area (Å²) in [4.78, 5) is 11.6. The van der Waals surface area contributed by atoms with Crippen molar-refractivity contribution in [3.8, 4) is 5.75 Å². The van der Waals surface area contributed by atoms with Crippen molar-refractivity contribution in [2.75, 3.05) is 13.2 Å². The van der Waals surface area contributed by atoms with Gasteiger partial charge in [0.05, 0.1) is 6.61 Å². The Bertz CT molecular complexity index is 451. The number of halogens is 1. The van der Waals surface area contributed by atoms with Crippen molar-refractivity contribution in [3.63, 3.8) is 0 Å². The third-order valence-corrected chi connectivity index (χ3v) is 3.53. The molecule has 5 heteroatoms. The first-order valence-corrected chi connectivity index (χ1v) is 7.77. The fourth-order valence-electron chi connectivity index (χ4n) is 1.79. The van der Waals surface area contributed by atoms with Crippen LogP contribution >= 0.6 is 11.6 Å². The fourth-order valence-corrected chi connectivity index (χ4v) is 2.03. The van der Waals surface area contributed by atoms with Gasteiger partial charge in [0.15, 0.2) is 6.61 Å². The topological polar surface area (TPSA) is 61.5 Å². The number of ether oxygens (including phenoxy) is 2. The van der Waals surface area contributed by atoms with Crippen molar-refractivity contribution in [1.82, 2.24) is 0 Å². The summed E-state index contributed by atoms with van der Waals surface area (Å²) in [6.45, 7) is 4.38. The summed E-state index contributed by atoms with van der Waals surface area (Å²) >= 11 is 6.20. The average molecular weight is 314 g/mol. The molecule has 1 atom stereocenters. The number of hydrogen-bond acceptors (Lipinski definition) is 4. The van der Waals surface area contributed by atoms with Crippen LogP contribution in [0.3, 0.4) is 0 Å². The van der Waals surface area contributed by atoms with E-state index in [0.717, 1.165) is 24.8 Å². The maximum atomic E-state index is 11.6. The summed E-state index contributed by atoms with van der Waals surface area (Å²) in [7, 11) is 0. The molecule has 1 unspecified atom stereocenters. The molecule has 1 aromatic carbocycles. The van der Waals surface area contributed by atoms with Gasteiger partial charge in [-0.15, -0.1) is 0 Å². The van der Waals surface area contributed by atoms with Gasteiger partial charge in [-0.3, -0.25) is 0 Å². The molecule has 0 heterocycles. The van der Waals surface area contributed by atoms with Crippen LogP contribution < -0.4 is 10.5 Å². The number of carbonyl (C=O) groups excluding carboxylic acids is 1.